The summed E-state index contributed by atoms with van der Waals surface area (Å²) in [6.07, 6.45) is 7.42. The molecule has 0 spiro atoms. The van der Waals surface area contributed by atoms with E-state index in [0.717, 1.165) is 5.56 Å². The zero-order valence-corrected chi connectivity index (χ0v) is 12.6. The molecule has 3 heterocycles. The molecular weight excluding hydrogens is 298 g/mol. The van der Waals surface area contributed by atoms with Gasteiger partial charge in [0, 0.05) is 12.4 Å². The molecule has 0 aliphatic heterocycles. The van der Waals surface area contributed by atoms with Gasteiger partial charge in [0.1, 0.15) is 0 Å². The molecule has 4 N–H and O–H groups in total. The Labute approximate surface area is 131 Å². The highest BCUT2D eigenvalue weighted by Gasteiger charge is 2.10. The van der Waals surface area contributed by atoms with Crippen LogP contribution in [0.5, 0.6) is 0 Å². The lowest BCUT2D eigenvalue weighted by Gasteiger charge is -2.01. The minimum absolute atomic E-state index is 0.111. The summed E-state index contributed by atoms with van der Waals surface area (Å²) in [6, 6.07) is 0. The third-order valence-corrected chi connectivity index (χ3v) is 3.12. The van der Waals surface area contributed by atoms with Crippen molar-refractivity contribution in [1.82, 2.24) is 19.9 Å². The predicted octanol–water partition coefficient (Wildman–Crippen LogP) is 1.30. The maximum atomic E-state index is 11.3. The quantitative estimate of drug-likeness (QED) is 0.616. The Morgan fingerprint density at radius 2 is 1.78 bits per heavy atom. The van der Waals surface area contributed by atoms with Crippen LogP contribution in [0, 0.1) is 13.8 Å². The van der Waals surface area contributed by atoms with Gasteiger partial charge < -0.3 is 15.8 Å². The number of nitrogen functional groups attached to an aromatic ring is 1. The van der Waals surface area contributed by atoms with E-state index < -0.39 is 5.97 Å². The van der Waals surface area contributed by atoms with E-state index in [2.05, 4.69) is 19.9 Å². The van der Waals surface area contributed by atoms with Gasteiger partial charge in [-0.1, -0.05) is 0 Å². The van der Waals surface area contributed by atoms with E-state index in [1.807, 2.05) is 6.92 Å². The van der Waals surface area contributed by atoms with Crippen LogP contribution < -0.4 is 11.3 Å². The van der Waals surface area contributed by atoms with Gasteiger partial charge in [0.05, 0.1) is 40.9 Å². The molecule has 0 saturated carbocycles. The molecule has 8 nitrogen and oxygen atoms in total. The van der Waals surface area contributed by atoms with Crippen LogP contribution in [0.2, 0.25) is 0 Å². The molecule has 0 saturated heterocycles. The number of hydrogen-bond donors (Lipinski definition) is 3. The number of aryl methyl sites for hydroxylation is 2. The van der Waals surface area contributed by atoms with Crippen LogP contribution in [-0.2, 0) is 0 Å². The van der Waals surface area contributed by atoms with Gasteiger partial charge in [0.25, 0.3) is 5.56 Å². The molecule has 3 aromatic rings. The summed E-state index contributed by atoms with van der Waals surface area (Å²) >= 11 is 0. The zero-order chi connectivity index (χ0) is 17.0. The fraction of sp³-hybridized carbons (Fsp3) is 0.133. The van der Waals surface area contributed by atoms with Crippen LogP contribution in [0.4, 0.5) is 5.69 Å². The molecule has 0 aliphatic rings. The Hall–Kier alpha value is -3.29. The van der Waals surface area contributed by atoms with Crippen LogP contribution in [-0.4, -0.2) is 31.0 Å². The standard InChI is InChI=1S/C8H7N3O.C7H8N2O2/c1-5-2-9-3-6-7(5)8(12)11-4-10-6;1-4-2-9-3-5(8)6(4)7(10)11/h2-4H,1H3,(H,10,11,12);2-3H,8H2,1H3,(H,10,11). The Balaban J connectivity index is 0.000000168. The smallest absolute Gasteiger partial charge is 0.338 e. The maximum Gasteiger partial charge on any atom is 0.338 e. The van der Waals surface area contributed by atoms with Gasteiger partial charge in [-0.2, -0.15) is 0 Å². The number of H-pyrrole nitrogens is 1. The van der Waals surface area contributed by atoms with E-state index in [4.69, 9.17) is 10.8 Å². The fourth-order valence-electron chi connectivity index (χ4n) is 2.05. The van der Waals surface area contributed by atoms with E-state index in [9.17, 15) is 9.59 Å². The predicted molar refractivity (Wildman–Crippen MR) is 85.2 cm³/mol. The molecule has 0 atom stereocenters. The molecule has 0 aliphatic carbocycles. The van der Waals surface area contributed by atoms with Crippen molar-refractivity contribution in [2.24, 2.45) is 0 Å². The second-order valence-corrected chi connectivity index (χ2v) is 4.81. The second kappa shape index (κ2) is 6.65. The number of rotatable bonds is 1. The molecule has 23 heavy (non-hydrogen) atoms. The summed E-state index contributed by atoms with van der Waals surface area (Å²) < 4.78 is 0. The number of aromatic carboxylic acids is 1. The first-order chi connectivity index (χ1) is 10.9. The first kappa shape index (κ1) is 16.1. The lowest BCUT2D eigenvalue weighted by atomic mass is 10.1. The summed E-state index contributed by atoms with van der Waals surface area (Å²) in [4.78, 5) is 36.0. The molecule has 8 heteroatoms. The molecule has 0 fully saturated rings. The van der Waals surface area contributed by atoms with Gasteiger partial charge in [0.15, 0.2) is 0 Å². The first-order valence-corrected chi connectivity index (χ1v) is 6.63. The van der Waals surface area contributed by atoms with Crippen molar-refractivity contribution in [1.29, 1.82) is 0 Å². The number of nitrogens with one attached hydrogen (secondary N) is 1. The van der Waals surface area contributed by atoms with Gasteiger partial charge in [-0.25, -0.2) is 9.78 Å². The Morgan fingerprint density at radius 3 is 2.35 bits per heavy atom. The minimum Gasteiger partial charge on any atom is -0.478 e. The van der Waals surface area contributed by atoms with Crippen molar-refractivity contribution in [2.75, 3.05) is 5.73 Å². The third kappa shape index (κ3) is 3.49. The topological polar surface area (TPSA) is 135 Å². The number of carbonyl (C=O) groups is 1. The van der Waals surface area contributed by atoms with E-state index in [1.165, 1.54) is 18.7 Å². The molecule has 0 bridgehead atoms. The highest BCUT2D eigenvalue weighted by Crippen LogP contribution is 2.13. The number of anilines is 1. The molecule has 118 valence electrons. The molecule has 3 aromatic heterocycles. The van der Waals surface area contributed by atoms with Crippen molar-refractivity contribution in [3.05, 3.63) is 58.2 Å². The van der Waals surface area contributed by atoms with E-state index in [-0.39, 0.29) is 16.8 Å². The summed E-state index contributed by atoms with van der Waals surface area (Å²) in [5.41, 5.74) is 7.68. The molecule has 3 rings (SSSR count). The van der Waals surface area contributed by atoms with E-state index >= 15 is 0 Å². The van der Waals surface area contributed by atoms with Crippen molar-refractivity contribution >= 4 is 22.6 Å². The second-order valence-electron chi connectivity index (χ2n) is 4.81. The van der Waals surface area contributed by atoms with Gasteiger partial charge >= 0.3 is 5.97 Å². The average molecular weight is 313 g/mol. The van der Waals surface area contributed by atoms with Gasteiger partial charge in [-0.05, 0) is 25.0 Å². The Bertz CT molecular complexity index is 895. The Morgan fingerprint density at radius 1 is 1.13 bits per heavy atom. The van der Waals surface area contributed by atoms with Crippen molar-refractivity contribution in [3.8, 4) is 0 Å². The zero-order valence-electron chi connectivity index (χ0n) is 12.6. The number of aromatic nitrogens is 4. The fourth-order valence-corrected chi connectivity index (χ4v) is 2.05. The van der Waals surface area contributed by atoms with Crippen molar-refractivity contribution < 1.29 is 9.90 Å². The molecule has 0 amide bonds. The molecule has 0 radical (unpaired) electrons. The number of aromatic amines is 1. The van der Waals surface area contributed by atoms with Crippen LogP contribution in [0.1, 0.15) is 21.5 Å². The summed E-state index contributed by atoms with van der Waals surface area (Å²) in [6.45, 7) is 3.50. The van der Waals surface area contributed by atoms with Gasteiger partial charge in [-0.15, -0.1) is 0 Å². The molecular formula is C15H15N5O3. The number of fused-ring (bicyclic) bond motifs is 1. The van der Waals surface area contributed by atoms with Crippen LogP contribution in [0.3, 0.4) is 0 Å². The summed E-state index contributed by atoms with van der Waals surface area (Å²) in [5.74, 6) is -1.01. The SMILES string of the molecule is Cc1cncc(N)c1C(=O)O.Cc1cncc2nc[nH]c(=O)c12. The van der Waals surface area contributed by atoms with Crippen LogP contribution >= 0.6 is 0 Å². The Kier molecular flexibility index (Phi) is 4.65. The lowest BCUT2D eigenvalue weighted by molar-refractivity contribution is 0.0697. The minimum atomic E-state index is -1.01. The third-order valence-electron chi connectivity index (χ3n) is 3.12. The van der Waals surface area contributed by atoms with E-state index in [1.54, 1.807) is 19.3 Å². The average Bonchev–Trinajstić information content (AvgIpc) is 2.47. The molecule has 0 unspecified atom stereocenters. The highest BCUT2D eigenvalue weighted by molar-refractivity contribution is 5.94. The van der Waals surface area contributed by atoms with Crippen LogP contribution in [0.25, 0.3) is 10.9 Å². The number of carboxylic acids is 1. The highest BCUT2D eigenvalue weighted by atomic mass is 16.4. The summed E-state index contributed by atoms with van der Waals surface area (Å²) in [5, 5.41) is 9.26. The number of carboxylic acid groups (broad SMARTS) is 1. The number of pyridine rings is 2. The van der Waals surface area contributed by atoms with Gasteiger partial charge in [0.2, 0.25) is 0 Å². The number of hydrogen-bond acceptors (Lipinski definition) is 6. The lowest BCUT2D eigenvalue weighted by Crippen LogP contribution is -2.07. The van der Waals surface area contributed by atoms with E-state index in [0.29, 0.717) is 16.5 Å². The monoisotopic (exact) mass is 313 g/mol. The molecule has 0 aromatic carbocycles. The first-order valence-electron chi connectivity index (χ1n) is 6.63. The number of nitrogens with two attached hydrogens (primary N) is 1. The number of nitrogens with zero attached hydrogens (tertiary/aromatic N) is 3. The van der Waals surface area contributed by atoms with Crippen molar-refractivity contribution in [3.63, 3.8) is 0 Å². The van der Waals surface area contributed by atoms with Crippen LogP contribution in [0.15, 0.2) is 35.9 Å². The normalized spacial score (nSPS) is 10.0. The van der Waals surface area contributed by atoms with Crippen molar-refractivity contribution in [2.45, 2.75) is 13.8 Å². The van der Waals surface area contributed by atoms with Gasteiger partial charge in [-0.3, -0.25) is 14.8 Å². The summed E-state index contributed by atoms with van der Waals surface area (Å²) in [7, 11) is 0. The maximum absolute atomic E-state index is 11.3. The largest absolute Gasteiger partial charge is 0.478 e.